The number of amides is 1. The Kier molecular flexibility index (Phi) is 4.77. The molecular formula is C15H23N3O3. The van der Waals surface area contributed by atoms with Crippen molar-refractivity contribution in [3.63, 3.8) is 0 Å². The Morgan fingerprint density at radius 1 is 1.48 bits per heavy atom. The molecule has 2 heterocycles. The number of carbonyl (C=O) groups excluding carboxylic acids is 2. The molecule has 116 valence electrons. The Morgan fingerprint density at radius 2 is 2.14 bits per heavy atom. The molecule has 2 rings (SSSR count). The molecule has 6 heteroatoms. The van der Waals surface area contributed by atoms with Gasteiger partial charge in [-0.3, -0.25) is 15.0 Å². The van der Waals surface area contributed by atoms with Gasteiger partial charge in [0.25, 0.3) is 0 Å². The number of nitrogens with one attached hydrogen (secondary N) is 1. The Bertz CT molecular complexity index is 497. The van der Waals surface area contributed by atoms with E-state index >= 15 is 0 Å². The quantitative estimate of drug-likeness (QED) is 0.857. The third kappa shape index (κ3) is 4.39. The second-order valence-electron chi connectivity index (χ2n) is 6.62. The monoisotopic (exact) mass is 293 g/mol. The van der Waals surface area contributed by atoms with E-state index in [-0.39, 0.29) is 17.2 Å². The third-order valence-electron chi connectivity index (χ3n) is 3.73. The van der Waals surface area contributed by atoms with Crippen LogP contribution in [0.15, 0.2) is 10.6 Å². The van der Waals surface area contributed by atoms with Crippen molar-refractivity contribution in [1.29, 1.82) is 0 Å². The van der Waals surface area contributed by atoms with Crippen LogP contribution in [0.25, 0.3) is 0 Å². The summed E-state index contributed by atoms with van der Waals surface area (Å²) in [4.78, 5) is 24.7. The highest BCUT2D eigenvalue weighted by molar-refractivity contribution is 5.91. The van der Waals surface area contributed by atoms with Crippen LogP contribution in [0.3, 0.4) is 0 Å². The van der Waals surface area contributed by atoms with E-state index in [9.17, 15) is 9.59 Å². The fourth-order valence-electron chi connectivity index (χ4n) is 2.31. The number of hydrogen-bond acceptors (Lipinski definition) is 5. The lowest BCUT2D eigenvalue weighted by Gasteiger charge is -2.28. The Hall–Kier alpha value is -1.69. The molecule has 1 aromatic heterocycles. The number of piperidine rings is 1. The highest BCUT2D eigenvalue weighted by Gasteiger charge is 2.22. The largest absolute Gasteiger partial charge is 0.338 e. The van der Waals surface area contributed by atoms with E-state index in [2.05, 4.69) is 15.4 Å². The van der Waals surface area contributed by atoms with Crippen molar-refractivity contribution in [3.05, 3.63) is 11.8 Å². The maximum absolute atomic E-state index is 12.0. The molecule has 0 radical (unpaired) electrons. The van der Waals surface area contributed by atoms with E-state index in [1.165, 1.54) is 0 Å². The van der Waals surface area contributed by atoms with Gasteiger partial charge in [-0.05, 0) is 25.9 Å². The van der Waals surface area contributed by atoms with Crippen molar-refractivity contribution >= 4 is 18.1 Å². The van der Waals surface area contributed by atoms with Gasteiger partial charge in [0.1, 0.15) is 6.29 Å². The smallest absolute Gasteiger partial charge is 0.240 e. The van der Waals surface area contributed by atoms with Gasteiger partial charge in [-0.1, -0.05) is 25.9 Å². The number of aldehydes is 1. The van der Waals surface area contributed by atoms with E-state index < -0.39 is 0 Å². The first-order valence-electron chi connectivity index (χ1n) is 7.33. The molecule has 1 aromatic rings. The molecule has 1 amide bonds. The standard InChI is InChI=1S/C15H23N3O3/c1-15(2,3)12-8-14(21-17-12)16-13(20)9-18-6-4-11(10-19)5-7-18/h8,10-11H,4-7,9H2,1-3H3,(H,16,20). The van der Waals surface area contributed by atoms with Crippen molar-refractivity contribution in [3.8, 4) is 0 Å². The minimum absolute atomic E-state index is 0.108. The average Bonchev–Trinajstić information content (AvgIpc) is 2.88. The van der Waals surface area contributed by atoms with E-state index in [1.807, 2.05) is 20.8 Å². The summed E-state index contributed by atoms with van der Waals surface area (Å²) >= 11 is 0. The molecule has 1 saturated heterocycles. The molecule has 1 aliphatic rings. The summed E-state index contributed by atoms with van der Waals surface area (Å²) in [6, 6.07) is 1.76. The number of carbonyl (C=O) groups is 2. The van der Waals surface area contributed by atoms with E-state index in [4.69, 9.17) is 4.52 Å². The number of aromatic nitrogens is 1. The predicted octanol–water partition coefficient (Wildman–Crippen LogP) is 1.82. The lowest BCUT2D eigenvalue weighted by Crippen LogP contribution is -2.39. The molecule has 0 spiro atoms. The lowest BCUT2D eigenvalue weighted by molar-refractivity contribution is -0.118. The SMILES string of the molecule is CC(C)(C)c1cc(NC(=O)CN2CCC(C=O)CC2)on1. The second-order valence-corrected chi connectivity index (χ2v) is 6.62. The molecule has 6 nitrogen and oxygen atoms in total. The van der Waals surface area contributed by atoms with Crippen LogP contribution in [0, 0.1) is 5.92 Å². The van der Waals surface area contributed by atoms with Crippen LogP contribution in [-0.4, -0.2) is 41.9 Å². The molecule has 1 N–H and O–H groups in total. The predicted molar refractivity (Wildman–Crippen MR) is 79.1 cm³/mol. The van der Waals surface area contributed by atoms with E-state index in [0.29, 0.717) is 12.4 Å². The molecule has 0 atom stereocenters. The first-order valence-corrected chi connectivity index (χ1v) is 7.33. The first kappa shape index (κ1) is 15.7. The van der Waals surface area contributed by atoms with Gasteiger partial charge in [0.05, 0.1) is 12.2 Å². The minimum Gasteiger partial charge on any atom is -0.338 e. The zero-order chi connectivity index (χ0) is 15.5. The zero-order valence-electron chi connectivity index (χ0n) is 12.9. The molecule has 0 saturated carbocycles. The van der Waals surface area contributed by atoms with Crippen LogP contribution >= 0.6 is 0 Å². The van der Waals surface area contributed by atoms with Gasteiger partial charge in [0, 0.05) is 17.4 Å². The minimum atomic E-state index is -0.115. The highest BCUT2D eigenvalue weighted by Crippen LogP contribution is 2.23. The van der Waals surface area contributed by atoms with E-state index in [0.717, 1.165) is 37.9 Å². The summed E-state index contributed by atoms with van der Waals surface area (Å²) in [6.07, 6.45) is 2.67. The number of anilines is 1. The summed E-state index contributed by atoms with van der Waals surface area (Å²) < 4.78 is 5.14. The summed E-state index contributed by atoms with van der Waals surface area (Å²) in [5.74, 6) is 0.414. The van der Waals surface area contributed by atoms with Gasteiger partial charge in [0.2, 0.25) is 11.8 Å². The van der Waals surface area contributed by atoms with Crippen molar-refractivity contribution in [2.24, 2.45) is 5.92 Å². The lowest BCUT2D eigenvalue weighted by atomic mass is 9.92. The van der Waals surface area contributed by atoms with Gasteiger partial charge in [-0.2, -0.15) is 0 Å². The van der Waals surface area contributed by atoms with Crippen LogP contribution in [-0.2, 0) is 15.0 Å². The molecule has 0 bridgehead atoms. The topological polar surface area (TPSA) is 75.4 Å². The van der Waals surface area contributed by atoms with Gasteiger partial charge >= 0.3 is 0 Å². The Balaban J connectivity index is 1.82. The van der Waals surface area contributed by atoms with Gasteiger partial charge in [-0.25, -0.2) is 0 Å². The van der Waals surface area contributed by atoms with Crippen LogP contribution in [0.2, 0.25) is 0 Å². The van der Waals surface area contributed by atoms with Crippen LogP contribution in [0.4, 0.5) is 5.88 Å². The fraction of sp³-hybridized carbons (Fsp3) is 0.667. The van der Waals surface area contributed by atoms with Crippen molar-refractivity contribution < 1.29 is 14.1 Å². The number of rotatable bonds is 4. The molecule has 21 heavy (non-hydrogen) atoms. The van der Waals surface area contributed by atoms with E-state index in [1.54, 1.807) is 6.07 Å². The maximum Gasteiger partial charge on any atom is 0.240 e. The summed E-state index contributed by atoms with van der Waals surface area (Å²) in [6.45, 7) is 7.98. The maximum atomic E-state index is 12.0. The van der Waals surface area contributed by atoms with Crippen LogP contribution < -0.4 is 5.32 Å². The van der Waals surface area contributed by atoms with Gasteiger partial charge in [0.15, 0.2) is 0 Å². The molecular weight excluding hydrogens is 270 g/mol. The second kappa shape index (κ2) is 6.39. The summed E-state index contributed by atoms with van der Waals surface area (Å²) in [5, 5.41) is 6.69. The van der Waals surface area contributed by atoms with Crippen LogP contribution in [0.5, 0.6) is 0 Å². The third-order valence-corrected chi connectivity index (χ3v) is 3.73. The van der Waals surface area contributed by atoms with Crippen molar-refractivity contribution in [2.75, 3.05) is 25.0 Å². The van der Waals surface area contributed by atoms with Crippen LogP contribution in [0.1, 0.15) is 39.3 Å². The molecule has 1 fully saturated rings. The molecule has 0 unspecified atom stereocenters. The van der Waals surface area contributed by atoms with Gasteiger partial charge in [-0.15, -0.1) is 0 Å². The normalized spacial score (nSPS) is 17.7. The first-order chi connectivity index (χ1) is 9.88. The fourth-order valence-corrected chi connectivity index (χ4v) is 2.31. The van der Waals surface area contributed by atoms with Crippen molar-refractivity contribution in [2.45, 2.75) is 39.0 Å². The van der Waals surface area contributed by atoms with Crippen molar-refractivity contribution in [1.82, 2.24) is 10.1 Å². The highest BCUT2D eigenvalue weighted by atomic mass is 16.5. The average molecular weight is 293 g/mol. The number of nitrogens with zero attached hydrogens (tertiary/aromatic N) is 2. The number of likely N-dealkylation sites (tertiary alicyclic amines) is 1. The molecule has 1 aliphatic heterocycles. The zero-order valence-corrected chi connectivity index (χ0v) is 12.9. The Morgan fingerprint density at radius 3 is 2.67 bits per heavy atom. The summed E-state index contributed by atoms with van der Waals surface area (Å²) in [7, 11) is 0. The number of hydrogen-bond donors (Lipinski definition) is 1. The van der Waals surface area contributed by atoms with Gasteiger partial charge < -0.3 is 9.32 Å². The molecule has 0 aliphatic carbocycles. The molecule has 0 aromatic carbocycles. The summed E-state index contributed by atoms with van der Waals surface area (Å²) in [5.41, 5.74) is 0.702. The Labute approximate surface area is 124 Å².